The number of nitrogens with one attached hydrogen (secondary N) is 2. The van der Waals surface area contributed by atoms with Crippen LogP contribution in [0.1, 0.15) is 55.0 Å². The minimum atomic E-state index is -0.316. The minimum absolute atomic E-state index is 0.113. The molecule has 0 spiro atoms. The first-order chi connectivity index (χ1) is 11.9. The van der Waals surface area contributed by atoms with E-state index in [1.165, 1.54) is 0 Å². The molecular weight excluding hydrogens is 322 g/mol. The van der Waals surface area contributed by atoms with Crippen molar-refractivity contribution in [3.63, 3.8) is 0 Å². The average molecular weight is 347 g/mol. The predicted octanol–water partition coefficient (Wildman–Crippen LogP) is 2.80. The van der Waals surface area contributed by atoms with Crippen molar-refractivity contribution in [2.75, 3.05) is 11.9 Å². The molecule has 8 heteroatoms. The van der Waals surface area contributed by atoms with Crippen molar-refractivity contribution in [2.45, 2.75) is 52.2 Å². The summed E-state index contributed by atoms with van der Waals surface area (Å²) in [5.41, 5.74) is 3.03. The lowest BCUT2D eigenvalue weighted by Gasteiger charge is -2.20. The number of hydrogen-bond donors (Lipinski definition) is 2. The summed E-state index contributed by atoms with van der Waals surface area (Å²) in [5.74, 6) is 1.36. The summed E-state index contributed by atoms with van der Waals surface area (Å²) in [7, 11) is 1.91. The van der Waals surface area contributed by atoms with Gasteiger partial charge in [-0.25, -0.2) is 4.79 Å². The normalized spacial score (nSPS) is 20.2. The lowest BCUT2D eigenvalue weighted by Crippen LogP contribution is -2.39. The van der Waals surface area contributed by atoms with Gasteiger partial charge in [0.2, 0.25) is 0 Å². The Morgan fingerprint density at radius 1 is 1.40 bits per heavy atom. The molecule has 3 heterocycles. The number of ether oxygens (including phenoxy) is 1. The van der Waals surface area contributed by atoms with Crippen molar-refractivity contribution in [1.82, 2.24) is 20.3 Å². The third-order valence-electron chi connectivity index (χ3n) is 4.60. The second kappa shape index (κ2) is 6.87. The lowest BCUT2D eigenvalue weighted by molar-refractivity contribution is 0.0993. The SMILES string of the molecule is Cc1nn(C)c(C)c1[C@@H]1OCC[C@H]1NC(=O)Nc1cc(C(C)C)on1. The first-order valence-electron chi connectivity index (χ1n) is 8.52. The number of carbonyl (C=O) groups excluding carboxylic acids is 1. The van der Waals surface area contributed by atoms with Crippen LogP contribution in [0, 0.1) is 13.8 Å². The minimum Gasteiger partial charge on any atom is -0.371 e. The molecular formula is C17H25N5O3. The van der Waals surface area contributed by atoms with Gasteiger partial charge in [0.1, 0.15) is 11.9 Å². The molecule has 0 radical (unpaired) electrons. The molecule has 0 bridgehead atoms. The topological polar surface area (TPSA) is 94.2 Å². The van der Waals surface area contributed by atoms with Gasteiger partial charge in [0, 0.05) is 36.9 Å². The fraction of sp³-hybridized carbons (Fsp3) is 0.588. The quantitative estimate of drug-likeness (QED) is 0.887. The Labute approximate surface area is 146 Å². The number of anilines is 1. The fourth-order valence-electron chi connectivity index (χ4n) is 3.16. The molecule has 25 heavy (non-hydrogen) atoms. The summed E-state index contributed by atoms with van der Waals surface area (Å²) in [4.78, 5) is 12.3. The van der Waals surface area contributed by atoms with E-state index in [2.05, 4.69) is 20.9 Å². The number of urea groups is 1. The van der Waals surface area contributed by atoms with Crippen molar-refractivity contribution < 1.29 is 14.1 Å². The maximum absolute atomic E-state index is 12.3. The van der Waals surface area contributed by atoms with E-state index >= 15 is 0 Å². The van der Waals surface area contributed by atoms with Crippen LogP contribution in [-0.4, -0.2) is 33.6 Å². The zero-order chi connectivity index (χ0) is 18.1. The highest BCUT2D eigenvalue weighted by Crippen LogP contribution is 2.33. The molecule has 0 aliphatic carbocycles. The molecule has 2 aromatic rings. The first-order valence-corrected chi connectivity index (χ1v) is 8.52. The van der Waals surface area contributed by atoms with E-state index in [9.17, 15) is 4.79 Å². The monoisotopic (exact) mass is 347 g/mol. The highest BCUT2D eigenvalue weighted by Gasteiger charge is 2.34. The molecule has 8 nitrogen and oxygen atoms in total. The molecule has 0 aromatic carbocycles. The van der Waals surface area contributed by atoms with Crippen molar-refractivity contribution in [2.24, 2.45) is 7.05 Å². The van der Waals surface area contributed by atoms with Crippen LogP contribution in [0.3, 0.4) is 0 Å². The van der Waals surface area contributed by atoms with Gasteiger partial charge >= 0.3 is 6.03 Å². The molecule has 2 amide bonds. The van der Waals surface area contributed by atoms with E-state index in [-0.39, 0.29) is 24.1 Å². The number of rotatable bonds is 4. The summed E-state index contributed by atoms with van der Waals surface area (Å²) in [6.45, 7) is 8.58. The van der Waals surface area contributed by atoms with E-state index in [4.69, 9.17) is 9.26 Å². The van der Waals surface area contributed by atoms with E-state index in [0.717, 1.165) is 29.1 Å². The summed E-state index contributed by atoms with van der Waals surface area (Å²) in [6, 6.07) is 1.31. The van der Waals surface area contributed by atoms with Crippen LogP contribution in [0.4, 0.5) is 10.6 Å². The number of hydrogen-bond acceptors (Lipinski definition) is 5. The third kappa shape index (κ3) is 3.53. The summed E-state index contributed by atoms with van der Waals surface area (Å²) in [5, 5.41) is 14.0. The second-order valence-electron chi connectivity index (χ2n) is 6.76. The van der Waals surface area contributed by atoms with Crippen molar-refractivity contribution in [3.8, 4) is 0 Å². The Morgan fingerprint density at radius 2 is 2.16 bits per heavy atom. The first kappa shape index (κ1) is 17.5. The number of aryl methyl sites for hydroxylation is 2. The van der Waals surface area contributed by atoms with Gasteiger partial charge in [-0.3, -0.25) is 10.00 Å². The van der Waals surface area contributed by atoms with Crippen molar-refractivity contribution in [1.29, 1.82) is 0 Å². The maximum Gasteiger partial charge on any atom is 0.320 e. The van der Waals surface area contributed by atoms with Crippen LogP contribution >= 0.6 is 0 Å². The van der Waals surface area contributed by atoms with Crippen LogP contribution in [0.15, 0.2) is 10.6 Å². The highest BCUT2D eigenvalue weighted by molar-refractivity contribution is 5.88. The average Bonchev–Trinajstić information content (AvgIpc) is 3.22. The number of carbonyl (C=O) groups is 1. The van der Waals surface area contributed by atoms with Gasteiger partial charge in [-0.2, -0.15) is 5.10 Å². The smallest absolute Gasteiger partial charge is 0.320 e. The van der Waals surface area contributed by atoms with Crippen LogP contribution < -0.4 is 10.6 Å². The molecule has 0 unspecified atom stereocenters. The molecule has 2 aromatic heterocycles. The maximum atomic E-state index is 12.3. The van der Waals surface area contributed by atoms with Gasteiger partial charge in [-0.15, -0.1) is 0 Å². The Morgan fingerprint density at radius 3 is 2.76 bits per heavy atom. The predicted molar refractivity (Wildman–Crippen MR) is 92.5 cm³/mol. The molecule has 3 rings (SSSR count). The zero-order valence-corrected chi connectivity index (χ0v) is 15.3. The number of nitrogens with zero attached hydrogens (tertiary/aromatic N) is 3. The van der Waals surface area contributed by atoms with Gasteiger partial charge < -0.3 is 14.6 Å². The summed E-state index contributed by atoms with van der Waals surface area (Å²) >= 11 is 0. The summed E-state index contributed by atoms with van der Waals surface area (Å²) < 4.78 is 12.9. The Bertz CT molecular complexity index is 764. The van der Waals surface area contributed by atoms with Gasteiger partial charge in [0.15, 0.2) is 5.82 Å². The third-order valence-corrected chi connectivity index (χ3v) is 4.60. The Hall–Kier alpha value is -2.35. The van der Waals surface area contributed by atoms with Crippen LogP contribution in [0.25, 0.3) is 0 Å². The zero-order valence-electron chi connectivity index (χ0n) is 15.3. The molecule has 1 saturated heterocycles. The van der Waals surface area contributed by atoms with Crippen LogP contribution in [-0.2, 0) is 11.8 Å². The van der Waals surface area contributed by atoms with Crippen molar-refractivity contribution >= 4 is 11.8 Å². The Balaban J connectivity index is 1.67. The molecule has 1 fully saturated rings. The molecule has 1 aliphatic rings. The Kier molecular flexibility index (Phi) is 4.80. The van der Waals surface area contributed by atoms with E-state index < -0.39 is 0 Å². The van der Waals surface area contributed by atoms with E-state index in [1.807, 2.05) is 39.4 Å². The standard InChI is InChI=1S/C17H25N5O3/c1-9(2)13-8-14(21-25-13)19-17(23)18-12-6-7-24-16(12)15-10(3)20-22(5)11(15)4/h8-9,12,16H,6-7H2,1-5H3,(H2,18,19,21,23)/t12-,16-/m1/s1. The number of aromatic nitrogens is 3. The highest BCUT2D eigenvalue weighted by atomic mass is 16.5. The van der Waals surface area contributed by atoms with Crippen molar-refractivity contribution in [3.05, 3.63) is 28.8 Å². The fourth-order valence-corrected chi connectivity index (χ4v) is 3.16. The van der Waals surface area contributed by atoms with Crippen LogP contribution in [0.2, 0.25) is 0 Å². The van der Waals surface area contributed by atoms with Gasteiger partial charge in [-0.1, -0.05) is 19.0 Å². The summed E-state index contributed by atoms with van der Waals surface area (Å²) in [6.07, 6.45) is 0.560. The second-order valence-corrected chi connectivity index (χ2v) is 6.76. The molecule has 2 N–H and O–H groups in total. The van der Waals surface area contributed by atoms with Gasteiger partial charge in [0.25, 0.3) is 0 Å². The van der Waals surface area contributed by atoms with E-state index in [1.54, 1.807) is 6.07 Å². The molecule has 2 atom stereocenters. The van der Waals surface area contributed by atoms with Gasteiger partial charge in [0.05, 0.1) is 11.7 Å². The lowest BCUT2D eigenvalue weighted by atomic mass is 10.0. The largest absolute Gasteiger partial charge is 0.371 e. The molecule has 1 aliphatic heterocycles. The van der Waals surface area contributed by atoms with Crippen LogP contribution in [0.5, 0.6) is 0 Å². The molecule has 136 valence electrons. The number of amides is 2. The van der Waals surface area contributed by atoms with Gasteiger partial charge in [-0.05, 0) is 20.3 Å². The van der Waals surface area contributed by atoms with E-state index in [0.29, 0.717) is 12.4 Å². The molecule has 0 saturated carbocycles.